The molecule has 4 aliphatic heterocycles. The largest absolute Gasteiger partial charge is 0.394 e. The van der Waals surface area contributed by atoms with Crippen molar-refractivity contribution in [3.63, 3.8) is 0 Å². The summed E-state index contributed by atoms with van der Waals surface area (Å²) in [6.07, 6.45) is 4.70. The number of benzene rings is 2. The standard InChI is InChI=1S/C43H62N5O6PSi2/c1-10-36-41(54-55-48-23-17-22-35(48)37(53-55)25-56(9,32-18-13-11-14-19-32)33-20-15-12-16-21-33)42(50-27-51-57(28(2)3,29(4)5)30(6)7)40(52-36)34-24-44-39-38(34)45-26-46-43(39)47-31(8)49/h11-16,18-21,24,26,28-30,34-37,40-42H,10,17,22-23,25,27H2,1-9H3,(H,45,46,47,49)/t34?,35-,36-,37+,40+,41?,42-,55+/m1/s1. The highest BCUT2D eigenvalue weighted by molar-refractivity contribution is 7.45. The first-order valence-corrected chi connectivity index (χ1v) is 27.0. The van der Waals surface area contributed by atoms with Gasteiger partial charge in [0.2, 0.25) is 14.2 Å². The summed E-state index contributed by atoms with van der Waals surface area (Å²) in [6, 6.07) is 23.3. The summed E-state index contributed by atoms with van der Waals surface area (Å²) >= 11 is 0. The fourth-order valence-corrected chi connectivity index (χ4v) is 21.5. The Morgan fingerprint density at radius 3 is 2.19 bits per heavy atom. The Morgan fingerprint density at radius 2 is 1.60 bits per heavy atom. The Kier molecular flexibility index (Phi) is 13.3. The van der Waals surface area contributed by atoms with Crippen molar-refractivity contribution < 1.29 is 27.7 Å². The topological polar surface area (TPSA) is 117 Å². The van der Waals surface area contributed by atoms with Crippen LogP contribution < -0.4 is 15.7 Å². The molecule has 57 heavy (non-hydrogen) atoms. The van der Waals surface area contributed by atoms with Crippen LogP contribution in [0.4, 0.5) is 11.5 Å². The lowest BCUT2D eigenvalue weighted by Gasteiger charge is -2.42. The zero-order valence-corrected chi connectivity index (χ0v) is 38.0. The second-order valence-corrected chi connectivity index (χ2v) is 28.4. The first-order valence-electron chi connectivity index (χ1n) is 21.0. The number of anilines is 1. The van der Waals surface area contributed by atoms with Crippen LogP contribution in [0.2, 0.25) is 29.2 Å². The highest BCUT2D eigenvalue weighted by Crippen LogP contribution is 2.59. The number of nitrogens with one attached hydrogen (secondary N) is 1. The van der Waals surface area contributed by atoms with Crippen LogP contribution in [0.5, 0.6) is 0 Å². The molecule has 3 aromatic rings. The van der Waals surface area contributed by atoms with Crippen LogP contribution in [-0.2, 0) is 27.7 Å². The van der Waals surface area contributed by atoms with Gasteiger partial charge in [0.1, 0.15) is 45.2 Å². The van der Waals surface area contributed by atoms with E-state index in [0.717, 1.165) is 31.9 Å². The lowest BCUT2D eigenvalue weighted by Crippen LogP contribution is -2.58. The van der Waals surface area contributed by atoms with Crippen LogP contribution >= 0.6 is 8.53 Å². The SMILES string of the molecule is CC[C@H]1O[C@@H](C2C=Nc3c(NC(C)=O)ncnc32)[C@@H](OCO[Si](C(C)C)(C(C)C)C(C)C)C1O[P@]1O[C@@H](C[Si](C)(c2ccccc2)c2ccccc2)[C@H]2CCCN21. The van der Waals surface area contributed by atoms with E-state index < -0.39 is 43.2 Å². The van der Waals surface area contributed by atoms with Crippen molar-refractivity contribution in [1.82, 2.24) is 14.6 Å². The van der Waals surface area contributed by atoms with Crippen molar-refractivity contribution in [2.24, 2.45) is 4.99 Å². The molecule has 0 radical (unpaired) electrons. The van der Waals surface area contributed by atoms with Gasteiger partial charge in [-0.3, -0.25) is 9.79 Å². The van der Waals surface area contributed by atoms with Crippen molar-refractivity contribution in [3.05, 3.63) is 72.7 Å². The normalized spacial score (nSPS) is 27.5. The van der Waals surface area contributed by atoms with Gasteiger partial charge in [-0.2, -0.15) is 0 Å². The van der Waals surface area contributed by atoms with E-state index in [2.05, 4.69) is 136 Å². The molecule has 4 aliphatic rings. The van der Waals surface area contributed by atoms with Gasteiger partial charge in [0.25, 0.3) is 8.53 Å². The average molecular weight is 832 g/mol. The van der Waals surface area contributed by atoms with E-state index in [-0.39, 0.29) is 30.8 Å². The van der Waals surface area contributed by atoms with Gasteiger partial charge in [0.05, 0.1) is 23.8 Å². The quantitative estimate of drug-likeness (QED) is 0.0865. The summed E-state index contributed by atoms with van der Waals surface area (Å²) in [5.41, 5.74) is 2.48. The summed E-state index contributed by atoms with van der Waals surface area (Å²) in [6.45, 7) is 20.9. The molecule has 2 aromatic carbocycles. The minimum absolute atomic E-state index is 0.0454. The lowest BCUT2D eigenvalue weighted by molar-refractivity contribution is -0.114. The highest BCUT2D eigenvalue weighted by atomic mass is 31.2. The number of rotatable bonds is 16. The fraction of sp³-hybridized carbons (Fsp3) is 0.581. The van der Waals surface area contributed by atoms with Crippen molar-refractivity contribution in [2.75, 3.05) is 18.7 Å². The number of amides is 1. The molecule has 8 atom stereocenters. The third kappa shape index (κ3) is 8.26. The van der Waals surface area contributed by atoms with E-state index in [0.29, 0.717) is 39.9 Å². The number of hydrogen-bond acceptors (Lipinski definition) is 10. The highest BCUT2D eigenvalue weighted by Gasteiger charge is 2.56. The number of carbonyl (C=O) groups excluding carboxylic acids is 1. The van der Waals surface area contributed by atoms with E-state index in [4.69, 9.17) is 27.9 Å². The molecule has 2 unspecified atom stereocenters. The summed E-state index contributed by atoms with van der Waals surface area (Å²) in [7, 11) is -5.83. The van der Waals surface area contributed by atoms with Crippen LogP contribution in [-0.4, -0.2) is 93.1 Å². The Morgan fingerprint density at radius 1 is 0.947 bits per heavy atom. The second-order valence-electron chi connectivity index (χ2n) is 17.3. The van der Waals surface area contributed by atoms with Gasteiger partial charge in [0, 0.05) is 25.7 Å². The minimum atomic E-state index is -2.24. The smallest absolute Gasteiger partial charge is 0.259 e. The van der Waals surface area contributed by atoms with Crippen molar-refractivity contribution in [3.8, 4) is 0 Å². The molecule has 3 saturated heterocycles. The van der Waals surface area contributed by atoms with Crippen LogP contribution in [0.25, 0.3) is 0 Å². The number of ether oxygens (including phenoxy) is 2. The van der Waals surface area contributed by atoms with E-state index in [1.165, 1.54) is 23.6 Å². The molecule has 308 valence electrons. The van der Waals surface area contributed by atoms with E-state index in [1.54, 1.807) is 0 Å². The first kappa shape index (κ1) is 42.4. The maximum Gasteiger partial charge on any atom is 0.259 e. The molecule has 7 rings (SSSR count). The predicted molar refractivity (Wildman–Crippen MR) is 233 cm³/mol. The maximum absolute atomic E-state index is 12.1. The fourth-order valence-electron chi connectivity index (χ4n) is 10.3. The summed E-state index contributed by atoms with van der Waals surface area (Å²) < 4.78 is 37.9. The maximum atomic E-state index is 12.1. The summed E-state index contributed by atoms with van der Waals surface area (Å²) in [5, 5.41) is 5.65. The van der Waals surface area contributed by atoms with E-state index in [1.807, 2.05) is 6.21 Å². The van der Waals surface area contributed by atoms with Crippen LogP contribution in [0.15, 0.2) is 72.0 Å². The molecule has 0 spiro atoms. The van der Waals surface area contributed by atoms with Crippen molar-refractivity contribution >= 4 is 58.9 Å². The van der Waals surface area contributed by atoms with Gasteiger partial charge in [-0.1, -0.05) is 126 Å². The summed E-state index contributed by atoms with van der Waals surface area (Å²) in [4.78, 5) is 25.8. The molecular weight excluding hydrogens is 770 g/mol. The van der Waals surface area contributed by atoms with Gasteiger partial charge in [-0.15, -0.1) is 0 Å². The van der Waals surface area contributed by atoms with Gasteiger partial charge in [-0.05, 0) is 41.9 Å². The summed E-state index contributed by atoms with van der Waals surface area (Å²) in [5.74, 6) is -0.161. The lowest BCUT2D eigenvalue weighted by atomic mass is 9.94. The van der Waals surface area contributed by atoms with Crippen molar-refractivity contribution in [2.45, 2.75) is 146 Å². The Labute approximate surface area is 342 Å². The van der Waals surface area contributed by atoms with Crippen LogP contribution in [0.1, 0.15) is 86.3 Å². The number of fused-ring (bicyclic) bond motifs is 2. The number of carbonyl (C=O) groups is 1. The van der Waals surface area contributed by atoms with Crippen LogP contribution in [0.3, 0.4) is 0 Å². The van der Waals surface area contributed by atoms with Gasteiger partial charge in [-0.25, -0.2) is 14.6 Å². The Bertz CT molecular complexity index is 1800. The molecule has 5 heterocycles. The Balaban J connectivity index is 1.19. The second kappa shape index (κ2) is 17.9. The van der Waals surface area contributed by atoms with Gasteiger partial charge in [0.15, 0.2) is 5.82 Å². The first-order chi connectivity index (χ1) is 27.4. The zero-order chi connectivity index (χ0) is 40.5. The predicted octanol–water partition coefficient (Wildman–Crippen LogP) is 8.32. The number of nitrogens with zero attached hydrogens (tertiary/aromatic N) is 4. The van der Waals surface area contributed by atoms with Gasteiger partial charge < -0.3 is 28.3 Å². The zero-order valence-electron chi connectivity index (χ0n) is 35.1. The molecule has 1 amide bonds. The molecule has 3 fully saturated rings. The molecule has 0 saturated carbocycles. The molecule has 1 N–H and O–H groups in total. The number of aliphatic imine (C=N–C) groups is 1. The molecule has 0 bridgehead atoms. The Hall–Kier alpha value is -2.72. The molecule has 1 aromatic heterocycles. The van der Waals surface area contributed by atoms with E-state index in [9.17, 15) is 4.79 Å². The van der Waals surface area contributed by atoms with Crippen LogP contribution in [0, 0.1) is 0 Å². The molecule has 14 heteroatoms. The number of aromatic nitrogens is 2. The third-order valence-corrected chi connectivity index (χ3v) is 25.2. The molecule has 11 nitrogen and oxygen atoms in total. The molecule has 0 aliphatic carbocycles. The van der Waals surface area contributed by atoms with Gasteiger partial charge >= 0.3 is 0 Å². The molecular formula is C43H62N5O6PSi2. The minimum Gasteiger partial charge on any atom is -0.394 e. The monoisotopic (exact) mass is 831 g/mol. The average Bonchev–Trinajstić information content (AvgIpc) is 3.98. The number of hydrogen-bond donors (Lipinski definition) is 1. The van der Waals surface area contributed by atoms with Crippen molar-refractivity contribution in [1.29, 1.82) is 0 Å². The third-order valence-electron chi connectivity index (χ3n) is 13.0. The van der Waals surface area contributed by atoms with E-state index >= 15 is 0 Å².